The predicted octanol–water partition coefficient (Wildman–Crippen LogP) is 2.42. The second-order valence-electron chi connectivity index (χ2n) is 7.16. The number of amides is 1. The zero-order chi connectivity index (χ0) is 20.1. The fourth-order valence-electron chi connectivity index (χ4n) is 3.62. The summed E-state index contributed by atoms with van der Waals surface area (Å²) < 4.78 is 0. The molecule has 0 saturated heterocycles. The van der Waals surface area contributed by atoms with Gasteiger partial charge in [-0.15, -0.1) is 0 Å². The number of carbonyl (C=O) groups is 3. The third kappa shape index (κ3) is 4.46. The van der Waals surface area contributed by atoms with Crippen LogP contribution < -0.4 is 5.73 Å². The predicted molar refractivity (Wildman–Crippen MR) is 105 cm³/mol. The van der Waals surface area contributed by atoms with Gasteiger partial charge in [-0.05, 0) is 37.0 Å². The first-order valence-electron chi connectivity index (χ1n) is 9.40. The molecule has 1 aromatic carbocycles. The average molecular weight is 380 g/mol. The largest absolute Gasteiger partial charge is 0.481 e. The van der Waals surface area contributed by atoms with E-state index in [1.807, 2.05) is 30.3 Å². The van der Waals surface area contributed by atoms with E-state index in [1.54, 1.807) is 30.5 Å². The number of Topliss-reactive ketones (excluding diaryl/α,β-unsaturated/α-hetero) is 1. The molecule has 3 atom stereocenters. The van der Waals surface area contributed by atoms with Gasteiger partial charge in [-0.1, -0.05) is 42.5 Å². The molecule has 2 aliphatic rings. The fraction of sp³-hybridized carbons (Fsp3) is 0.318. The van der Waals surface area contributed by atoms with Crippen LogP contribution in [0.5, 0.6) is 0 Å². The number of aliphatic carboxylic acids is 1. The van der Waals surface area contributed by atoms with Crippen molar-refractivity contribution in [2.45, 2.75) is 31.7 Å². The molecule has 28 heavy (non-hydrogen) atoms. The summed E-state index contributed by atoms with van der Waals surface area (Å²) in [6, 6.07) is 8.81. The van der Waals surface area contributed by atoms with Crippen molar-refractivity contribution in [2.24, 2.45) is 17.6 Å². The fourth-order valence-corrected chi connectivity index (χ4v) is 3.62. The van der Waals surface area contributed by atoms with Crippen molar-refractivity contribution in [2.75, 3.05) is 0 Å². The Hall–Kier alpha value is -2.99. The van der Waals surface area contributed by atoms with Crippen molar-refractivity contribution in [1.29, 1.82) is 0 Å². The molecule has 6 nitrogen and oxygen atoms in total. The molecule has 1 aromatic rings. The lowest BCUT2D eigenvalue weighted by atomic mass is 9.84. The van der Waals surface area contributed by atoms with Crippen LogP contribution in [-0.4, -0.2) is 33.7 Å². The lowest BCUT2D eigenvalue weighted by molar-refractivity contribution is -0.142. The van der Waals surface area contributed by atoms with E-state index in [-0.39, 0.29) is 24.5 Å². The first-order valence-corrected chi connectivity index (χ1v) is 9.40. The van der Waals surface area contributed by atoms with Gasteiger partial charge in [-0.3, -0.25) is 19.3 Å². The maximum absolute atomic E-state index is 13.2. The van der Waals surface area contributed by atoms with E-state index in [0.717, 1.165) is 5.56 Å². The van der Waals surface area contributed by atoms with Crippen molar-refractivity contribution < 1.29 is 19.5 Å². The number of hydrogen-bond acceptors (Lipinski definition) is 4. The van der Waals surface area contributed by atoms with Gasteiger partial charge in [0.15, 0.2) is 0 Å². The molecule has 1 fully saturated rings. The molecule has 3 unspecified atom stereocenters. The molecule has 1 amide bonds. The van der Waals surface area contributed by atoms with Crippen LogP contribution in [0.25, 0.3) is 0 Å². The number of rotatable bonds is 5. The van der Waals surface area contributed by atoms with Gasteiger partial charge >= 0.3 is 5.97 Å². The summed E-state index contributed by atoms with van der Waals surface area (Å²) in [6.45, 7) is 0. The molecule has 1 aliphatic heterocycles. The molecule has 3 N–H and O–H groups in total. The molecule has 0 bridgehead atoms. The van der Waals surface area contributed by atoms with E-state index in [2.05, 4.69) is 0 Å². The first-order chi connectivity index (χ1) is 13.5. The minimum atomic E-state index is -1.00. The molecule has 0 spiro atoms. The van der Waals surface area contributed by atoms with Gasteiger partial charge in [0.1, 0.15) is 11.7 Å². The Bertz CT molecular complexity index is 841. The Morgan fingerprint density at radius 3 is 2.57 bits per heavy atom. The number of benzene rings is 1. The van der Waals surface area contributed by atoms with Crippen molar-refractivity contribution in [1.82, 2.24) is 4.90 Å². The van der Waals surface area contributed by atoms with E-state index in [4.69, 9.17) is 5.73 Å². The van der Waals surface area contributed by atoms with E-state index in [9.17, 15) is 19.5 Å². The molecule has 0 radical (unpaired) electrons. The second kappa shape index (κ2) is 8.80. The van der Waals surface area contributed by atoms with Crippen molar-refractivity contribution in [3.8, 4) is 0 Å². The number of carboxylic acids is 1. The number of hydrogen-bond donors (Lipinski definition) is 2. The molecular formula is C22H24N2O4. The minimum absolute atomic E-state index is 0.0987. The Balaban J connectivity index is 1.87. The molecule has 1 aliphatic carbocycles. The SMILES string of the molecule is NC1CCC(C(=O)N2C=CC=CC=C2C(Cc2ccccc2)C(=O)O)CC1=O. The summed E-state index contributed by atoms with van der Waals surface area (Å²) in [6.07, 6.45) is 9.76. The first kappa shape index (κ1) is 19.8. The maximum Gasteiger partial charge on any atom is 0.312 e. The van der Waals surface area contributed by atoms with Crippen LogP contribution in [-0.2, 0) is 20.8 Å². The highest BCUT2D eigenvalue weighted by Crippen LogP contribution is 2.29. The quantitative estimate of drug-likeness (QED) is 0.817. The van der Waals surface area contributed by atoms with Gasteiger partial charge in [0, 0.05) is 24.2 Å². The maximum atomic E-state index is 13.2. The zero-order valence-corrected chi connectivity index (χ0v) is 15.5. The van der Waals surface area contributed by atoms with Gasteiger partial charge in [0.05, 0.1) is 6.04 Å². The van der Waals surface area contributed by atoms with Gasteiger partial charge in [-0.2, -0.15) is 0 Å². The molecule has 3 rings (SSSR count). The monoisotopic (exact) mass is 380 g/mol. The van der Waals surface area contributed by atoms with Crippen LogP contribution in [0.15, 0.2) is 66.5 Å². The van der Waals surface area contributed by atoms with E-state index in [0.29, 0.717) is 18.5 Å². The Kier molecular flexibility index (Phi) is 6.21. The number of nitrogens with two attached hydrogens (primary N) is 1. The number of nitrogens with zero attached hydrogens (tertiary/aromatic N) is 1. The van der Waals surface area contributed by atoms with Crippen molar-refractivity contribution in [3.05, 3.63) is 72.1 Å². The van der Waals surface area contributed by atoms with Gasteiger partial charge in [0.2, 0.25) is 5.91 Å². The number of carboxylic acid groups (broad SMARTS) is 1. The zero-order valence-electron chi connectivity index (χ0n) is 15.5. The lowest BCUT2D eigenvalue weighted by Crippen LogP contribution is -2.43. The topological polar surface area (TPSA) is 101 Å². The molecule has 1 heterocycles. The lowest BCUT2D eigenvalue weighted by Gasteiger charge is -2.31. The Labute approximate surface area is 164 Å². The molecule has 6 heteroatoms. The molecule has 1 saturated carbocycles. The summed E-state index contributed by atoms with van der Waals surface area (Å²) in [7, 11) is 0. The molecule has 146 valence electrons. The Morgan fingerprint density at radius 2 is 1.89 bits per heavy atom. The smallest absolute Gasteiger partial charge is 0.312 e. The highest BCUT2D eigenvalue weighted by Gasteiger charge is 2.36. The summed E-state index contributed by atoms with van der Waals surface area (Å²) in [5.41, 5.74) is 7.03. The van der Waals surface area contributed by atoms with Crippen LogP contribution in [0.3, 0.4) is 0 Å². The standard InChI is InChI=1S/C22H24N2O4/c23-18-11-10-16(14-20(18)25)21(26)24-12-6-2-5-9-19(24)17(22(27)28)13-15-7-3-1-4-8-15/h1-9,12,16-18H,10-11,13-14,23H2,(H,27,28). The minimum Gasteiger partial charge on any atom is -0.481 e. The van der Waals surface area contributed by atoms with Crippen molar-refractivity contribution in [3.63, 3.8) is 0 Å². The molecule has 0 aromatic heterocycles. The summed E-state index contributed by atoms with van der Waals surface area (Å²) in [5, 5.41) is 9.87. The van der Waals surface area contributed by atoms with E-state index >= 15 is 0 Å². The molecular weight excluding hydrogens is 356 g/mol. The van der Waals surface area contributed by atoms with Crippen LogP contribution in [0, 0.1) is 11.8 Å². The Morgan fingerprint density at radius 1 is 1.14 bits per heavy atom. The van der Waals surface area contributed by atoms with Crippen LogP contribution in [0.2, 0.25) is 0 Å². The third-order valence-electron chi connectivity index (χ3n) is 5.21. The van der Waals surface area contributed by atoms with Gasteiger partial charge in [0.25, 0.3) is 0 Å². The number of allylic oxidation sites excluding steroid dienone is 4. The van der Waals surface area contributed by atoms with Crippen LogP contribution >= 0.6 is 0 Å². The average Bonchev–Trinajstić information content (AvgIpc) is 2.94. The second-order valence-corrected chi connectivity index (χ2v) is 7.16. The highest BCUT2D eigenvalue weighted by atomic mass is 16.4. The van der Waals surface area contributed by atoms with Crippen molar-refractivity contribution >= 4 is 17.7 Å². The third-order valence-corrected chi connectivity index (χ3v) is 5.21. The van der Waals surface area contributed by atoms with E-state index in [1.165, 1.54) is 4.90 Å². The highest BCUT2D eigenvalue weighted by molar-refractivity contribution is 5.92. The normalized spacial score (nSPS) is 23.1. The van der Waals surface area contributed by atoms with Crippen LogP contribution in [0.1, 0.15) is 24.8 Å². The van der Waals surface area contributed by atoms with Crippen LogP contribution in [0.4, 0.5) is 0 Å². The van der Waals surface area contributed by atoms with E-state index < -0.39 is 23.8 Å². The van der Waals surface area contributed by atoms with Gasteiger partial charge < -0.3 is 10.8 Å². The number of ketones is 1. The summed E-state index contributed by atoms with van der Waals surface area (Å²) >= 11 is 0. The summed E-state index contributed by atoms with van der Waals surface area (Å²) in [5.74, 6) is -2.75. The number of carbonyl (C=O) groups excluding carboxylic acids is 2. The van der Waals surface area contributed by atoms with Gasteiger partial charge in [-0.25, -0.2) is 0 Å². The summed E-state index contributed by atoms with van der Waals surface area (Å²) in [4.78, 5) is 38.6.